The summed E-state index contributed by atoms with van der Waals surface area (Å²) in [5, 5.41) is 26.5. The smallest absolute Gasteiger partial charge is 0.305 e. The molecule has 0 aliphatic carbocycles. The van der Waals surface area contributed by atoms with Crippen molar-refractivity contribution in [3.05, 3.63) is 64.1 Å². The number of nitrogens with one attached hydrogen (secondary N) is 2. The predicted molar refractivity (Wildman–Crippen MR) is 155 cm³/mol. The van der Waals surface area contributed by atoms with Crippen molar-refractivity contribution in [3.8, 4) is 11.4 Å². The highest BCUT2D eigenvalue weighted by Gasteiger charge is 2.35. The number of aromatic nitrogens is 4. The number of hydrogen-bond donors (Lipinski definition) is 3. The first kappa shape index (κ1) is 31.6. The van der Waals surface area contributed by atoms with Crippen molar-refractivity contribution in [3.63, 3.8) is 0 Å². The summed E-state index contributed by atoms with van der Waals surface area (Å²) in [7, 11) is 0. The van der Waals surface area contributed by atoms with Gasteiger partial charge in [-0.3, -0.25) is 24.0 Å². The molecular formula is C28H29Cl2N7O6. The van der Waals surface area contributed by atoms with Gasteiger partial charge < -0.3 is 20.6 Å². The largest absolute Gasteiger partial charge is 0.481 e. The second kappa shape index (κ2) is 14.2. The van der Waals surface area contributed by atoms with Crippen molar-refractivity contribution in [2.24, 2.45) is 0 Å². The number of carboxylic acids is 1. The summed E-state index contributed by atoms with van der Waals surface area (Å²) < 4.78 is 1.11. The van der Waals surface area contributed by atoms with Gasteiger partial charge in [-0.2, -0.15) is 0 Å². The van der Waals surface area contributed by atoms with Crippen LogP contribution in [0.25, 0.3) is 11.4 Å². The highest BCUT2D eigenvalue weighted by atomic mass is 35.5. The number of rotatable bonds is 11. The molecule has 0 bridgehead atoms. The zero-order valence-corrected chi connectivity index (χ0v) is 24.6. The van der Waals surface area contributed by atoms with Gasteiger partial charge in [-0.25, -0.2) is 4.68 Å². The van der Waals surface area contributed by atoms with Crippen LogP contribution in [-0.4, -0.2) is 84.4 Å². The summed E-state index contributed by atoms with van der Waals surface area (Å²) >= 11 is 12.5. The van der Waals surface area contributed by atoms with Crippen LogP contribution in [0.1, 0.15) is 43.0 Å². The molecule has 2 unspecified atom stereocenters. The summed E-state index contributed by atoms with van der Waals surface area (Å²) in [6.07, 6.45) is 0.906. The number of ketones is 1. The third kappa shape index (κ3) is 7.73. The van der Waals surface area contributed by atoms with E-state index < -0.39 is 60.6 Å². The number of tetrazole rings is 1. The van der Waals surface area contributed by atoms with Crippen molar-refractivity contribution in [2.45, 2.75) is 57.3 Å². The minimum absolute atomic E-state index is 0.0801. The summed E-state index contributed by atoms with van der Waals surface area (Å²) in [4.78, 5) is 65.6. The normalized spacial score (nSPS) is 16.6. The average Bonchev–Trinajstić information content (AvgIpc) is 3.34. The number of nitrogens with zero attached hydrogens (tertiary/aromatic N) is 5. The fourth-order valence-corrected chi connectivity index (χ4v) is 5.29. The van der Waals surface area contributed by atoms with Crippen LogP contribution in [0, 0.1) is 0 Å². The maximum atomic E-state index is 13.4. The second-order valence-corrected chi connectivity index (χ2v) is 10.8. The van der Waals surface area contributed by atoms with Crippen LogP contribution in [0.3, 0.4) is 0 Å². The summed E-state index contributed by atoms with van der Waals surface area (Å²) in [5.41, 5.74) is 0.680. The molecule has 226 valence electrons. The number of benzene rings is 2. The van der Waals surface area contributed by atoms with Crippen LogP contribution >= 0.6 is 23.2 Å². The molecule has 1 aliphatic rings. The molecule has 0 spiro atoms. The van der Waals surface area contributed by atoms with Gasteiger partial charge in [0, 0.05) is 12.1 Å². The molecule has 0 radical (unpaired) electrons. The Morgan fingerprint density at radius 2 is 1.74 bits per heavy atom. The maximum Gasteiger partial charge on any atom is 0.305 e. The van der Waals surface area contributed by atoms with Gasteiger partial charge in [-0.1, -0.05) is 47.5 Å². The van der Waals surface area contributed by atoms with E-state index in [4.69, 9.17) is 23.2 Å². The third-order valence-corrected chi connectivity index (χ3v) is 7.65. The molecule has 3 aromatic rings. The van der Waals surface area contributed by atoms with Gasteiger partial charge >= 0.3 is 5.97 Å². The monoisotopic (exact) mass is 629 g/mol. The van der Waals surface area contributed by atoms with Crippen LogP contribution in [0.4, 0.5) is 0 Å². The van der Waals surface area contributed by atoms with Crippen LogP contribution in [0.2, 0.25) is 10.0 Å². The molecule has 1 fully saturated rings. The van der Waals surface area contributed by atoms with E-state index in [0.29, 0.717) is 24.8 Å². The Balaban J connectivity index is 1.47. The molecule has 15 heteroatoms. The SMILES string of the molecule is CC(C(=O)NC(CC(=O)O)C(=O)Cn1nnnc1-c1c(Cl)cccc1Cl)N1CCCC[C@H](NC(=O)c2ccccc2)C1=O. The van der Waals surface area contributed by atoms with Crippen LogP contribution in [-0.2, 0) is 25.7 Å². The maximum absolute atomic E-state index is 13.4. The van der Waals surface area contributed by atoms with E-state index in [1.165, 1.54) is 11.8 Å². The number of aliphatic carboxylic acids is 1. The van der Waals surface area contributed by atoms with Crippen molar-refractivity contribution < 1.29 is 29.1 Å². The summed E-state index contributed by atoms with van der Waals surface area (Å²) in [6.45, 7) is 1.23. The zero-order chi connectivity index (χ0) is 31.1. The molecule has 4 rings (SSSR count). The first-order valence-electron chi connectivity index (χ1n) is 13.5. The topological polar surface area (TPSA) is 176 Å². The molecule has 0 saturated carbocycles. The first-order valence-corrected chi connectivity index (χ1v) is 14.2. The average molecular weight is 630 g/mol. The van der Waals surface area contributed by atoms with Gasteiger partial charge in [0.1, 0.15) is 18.6 Å². The molecule has 3 N–H and O–H groups in total. The molecule has 43 heavy (non-hydrogen) atoms. The Hall–Kier alpha value is -4.36. The van der Waals surface area contributed by atoms with Crippen molar-refractivity contribution >= 4 is 52.7 Å². The Morgan fingerprint density at radius 3 is 2.42 bits per heavy atom. The standard InChI is InChI=1S/C28H29Cl2N7O6/c1-16(36-13-6-5-12-20(28(36)43)31-27(42)17-8-3-2-4-9-17)26(41)32-21(14-23(39)40)22(38)15-37-25(33-34-35-37)24-18(29)10-7-11-19(24)30/h2-4,7-11,16,20-21H,5-6,12-15H2,1H3,(H,31,42)(H,32,41)(H,39,40)/t16?,20-,21?/m0/s1. The third-order valence-electron chi connectivity index (χ3n) is 7.02. The summed E-state index contributed by atoms with van der Waals surface area (Å²) in [5.74, 6) is -3.53. The second-order valence-electron chi connectivity index (χ2n) is 9.98. The summed E-state index contributed by atoms with van der Waals surface area (Å²) in [6, 6.07) is 9.86. The number of hydrogen-bond acceptors (Lipinski definition) is 8. The Morgan fingerprint density at radius 1 is 1.05 bits per heavy atom. The molecule has 3 atom stereocenters. The number of Topliss-reactive ketones (excluding diaryl/α,β-unsaturated/α-hetero) is 1. The molecule has 13 nitrogen and oxygen atoms in total. The molecule has 2 aromatic carbocycles. The predicted octanol–water partition coefficient (Wildman–Crippen LogP) is 2.38. The minimum atomic E-state index is -1.46. The van der Waals surface area contributed by atoms with Gasteiger partial charge in [0.25, 0.3) is 5.91 Å². The Kier molecular flexibility index (Phi) is 10.4. The lowest BCUT2D eigenvalue weighted by Crippen LogP contribution is -2.56. The quantitative estimate of drug-likeness (QED) is 0.287. The van der Waals surface area contributed by atoms with E-state index in [9.17, 15) is 29.1 Å². The van der Waals surface area contributed by atoms with Gasteiger partial charge in [0.2, 0.25) is 11.8 Å². The highest BCUT2D eigenvalue weighted by Crippen LogP contribution is 2.32. The van der Waals surface area contributed by atoms with Crippen LogP contribution in [0.15, 0.2) is 48.5 Å². The number of halogens is 2. The zero-order valence-electron chi connectivity index (χ0n) is 23.1. The number of amides is 3. The molecule has 3 amide bonds. The van der Waals surface area contributed by atoms with Crippen LogP contribution < -0.4 is 10.6 Å². The van der Waals surface area contributed by atoms with E-state index in [-0.39, 0.29) is 28.0 Å². The fourth-order valence-electron chi connectivity index (χ4n) is 4.73. The highest BCUT2D eigenvalue weighted by molar-refractivity contribution is 6.39. The number of carboxylic acid groups (broad SMARTS) is 1. The van der Waals surface area contributed by atoms with Gasteiger partial charge in [0.05, 0.1) is 28.1 Å². The number of carbonyl (C=O) groups is 5. The first-order chi connectivity index (χ1) is 20.6. The lowest BCUT2D eigenvalue weighted by molar-refractivity contribution is -0.143. The molecule has 1 saturated heterocycles. The van der Waals surface area contributed by atoms with Gasteiger partial charge in [-0.15, -0.1) is 5.10 Å². The lowest BCUT2D eigenvalue weighted by atomic mass is 10.1. The fraction of sp³-hybridized carbons (Fsp3) is 0.357. The molecular weight excluding hydrogens is 601 g/mol. The Labute approximate surface area is 256 Å². The van der Waals surface area contributed by atoms with Crippen molar-refractivity contribution in [1.29, 1.82) is 0 Å². The van der Waals surface area contributed by atoms with E-state index in [0.717, 1.165) is 4.68 Å². The molecule has 1 aliphatic heterocycles. The number of likely N-dealkylation sites (tertiary alicyclic amines) is 1. The van der Waals surface area contributed by atoms with Gasteiger partial charge in [0.15, 0.2) is 11.6 Å². The van der Waals surface area contributed by atoms with Crippen molar-refractivity contribution in [2.75, 3.05) is 6.54 Å². The number of carbonyl (C=O) groups excluding carboxylic acids is 4. The van der Waals surface area contributed by atoms with E-state index in [1.807, 2.05) is 0 Å². The lowest BCUT2D eigenvalue weighted by Gasteiger charge is -2.30. The van der Waals surface area contributed by atoms with E-state index in [2.05, 4.69) is 26.2 Å². The van der Waals surface area contributed by atoms with Crippen LogP contribution in [0.5, 0.6) is 0 Å². The molecule has 1 aromatic heterocycles. The minimum Gasteiger partial charge on any atom is -0.481 e. The van der Waals surface area contributed by atoms with E-state index >= 15 is 0 Å². The van der Waals surface area contributed by atoms with E-state index in [1.54, 1.807) is 48.5 Å². The molecule has 2 heterocycles. The Bertz CT molecular complexity index is 1500. The van der Waals surface area contributed by atoms with Crippen molar-refractivity contribution in [1.82, 2.24) is 35.7 Å². The van der Waals surface area contributed by atoms with Gasteiger partial charge in [-0.05, 0) is 60.9 Å².